The lowest BCUT2D eigenvalue weighted by Gasteiger charge is -2.37. The van der Waals surface area contributed by atoms with Crippen molar-refractivity contribution >= 4 is 17.4 Å². The minimum atomic E-state index is -0.414. The Hall–Kier alpha value is -3.99. The molecule has 2 aromatic carbocycles. The zero-order chi connectivity index (χ0) is 22.8. The molecule has 1 aliphatic carbocycles. The van der Waals surface area contributed by atoms with Crippen LogP contribution in [0.15, 0.2) is 108 Å². The maximum Gasteiger partial charge on any atom is 0.254 e. The van der Waals surface area contributed by atoms with Gasteiger partial charge in [-0.1, -0.05) is 60.7 Å². The number of amides is 1. The molecule has 5 rings (SSSR count). The summed E-state index contributed by atoms with van der Waals surface area (Å²) in [7, 11) is 0. The fraction of sp³-hybridized carbons (Fsp3) is 0.179. The molecule has 5 nitrogen and oxygen atoms in total. The van der Waals surface area contributed by atoms with Crippen molar-refractivity contribution in [3.63, 3.8) is 0 Å². The molecule has 2 heterocycles. The van der Waals surface area contributed by atoms with Crippen molar-refractivity contribution in [1.82, 2.24) is 10.3 Å². The van der Waals surface area contributed by atoms with Crippen molar-refractivity contribution in [3.05, 3.63) is 119 Å². The molecule has 0 fully saturated rings. The van der Waals surface area contributed by atoms with Gasteiger partial charge in [-0.2, -0.15) is 0 Å². The number of ketones is 1. The Kier molecular flexibility index (Phi) is 5.61. The summed E-state index contributed by atoms with van der Waals surface area (Å²) in [4.78, 5) is 31.1. The van der Waals surface area contributed by atoms with Crippen molar-refractivity contribution in [2.24, 2.45) is 0 Å². The van der Waals surface area contributed by atoms with Crippen molar-refractivity contribution in [2.45, 2.75) is 31.6 Å². The summed E-state index contributed by atoms with van der Waals surface area (Å²) in [6.45, 7) is 1.91. The van der Waals surface area contributed by atoms with E-state index in [-0.39, 0.29) is 17.6 Å². The Morgan fingerprint density at radius 2 is 1.64 bits per heavy atom. The molecule has 2 N–H and O–H groups in total. The van der Waals surface area contributed by atoms with Crippen LogP contribution >= 0.6 is 0 Å². The molecule has 1 amide bonds. The standard InChI is InChI=1S/C28H25N3O2/c1-18-25(28(33)31-22-13-8-14-29-17-22)26(20-11-6-3-7-12-20)27-23(30-18)15-21(16-24(27)32)19-9-4-2-5-10-19/h2-14,17,21,26,30H,15-16H2,1H3,(H,31,33). The van der Waals surface area contributed by atoms with Crippen LogP contribution in [-0.2, 0) is 9.59 Å². The average molecular weight is 436 g/mol. The number of rotatable bonds is 4. The first-order valence-electron chi connectivity index (χ1n) is 11.2. The summed E-state index contributed by atoms with van der Waals surface area (Å²) in [6, 6.07) is 23.6. The molecule has 0 bridgehead atoms. The van der Waals surface area contributed by atoms with Gasteiger partial charge in [0.15, 0.2) is 5.78 Å². The molecule has 0 saturated carbocycles. The summed E-state index contributed by atoms with van der Waals surface area (Å²) in [5, 5.41) is 6.38. The number of pyridine rings is 1. The van der Waals surface area contributed by atoms with Crippen LogP contribution in [0.1, 0.15) is 42.7 Å². The van der Waals surface area contributed by atoms with Crippen LogP contribution in [0.5, 0.6) is 0 Å². The number of benzene rings is 2. The monoisotopic (exact) mass is 435 g/mol. The highest BCUT2D eigenvalue weighted by atomic mass is 16.2. The third-order valence-electron chi connectivity index (χ3n) is 6.40. The first-order chi connectivity index (χ1) is 16.1. The van der Waals surface area contributed by atoms with Crippen molar-refractivity contribution in [3.8, 4) is 0 Å². The number of aromatic nitrogens is 1. The molecule has 33 heavy (non-hydrogen) atoms. The number of nitrogens with one attached hydrogen (secondary N) is 2. The van der Waals surface area contributed by atoms with Crippen LogP contribution in [0.3, 0.4) is 0 Å². The SMILES string of the molecule is CC1=C(C(=O)Nc2cccnc2)C(c2ccccc2)C2=C(CC(c3ccccc3)CC2=O)N1. The molecular formula is C28H25N3O2. The van der Waals surface area contributed by atoms with Gasteiger partial charge in [-0.3, -0.25) is 14.6 Å². The minimum absolute atomic E-state index is 0.0885. The van der Waals surface area contributed by atoms with Gasteiger partial charge in [0.05, 0.1) is 11.9 Å². The lowest BCUT2D eigenvalue weighted by atomic mass is 9.71. The Balaban J connectivity index is 1.55. The Morgan fingerprint density at radius 1 is 0.939 bits per heavy atom. The Bertz CT molecular complexity index is 1250. The van der Waals surface area contributed by atoms with Crippen LogP contribution < -0.4 is 10.6 Å². The second-order valence-electron chi connectivity index (χ2n) is 8.53. The number of carbonyl (C=O) groups excluding carboxylic acids is 2. The quantitative estimate of drug-likeness (QED) is 0.599. The molecule has 2 aliphatic rings. The molecule has 1 aromatic heterocycles. The van der Waals surface area contributed by atoms with Gasteiger partial charge in [-0.15, -0.1) is 0 Å². The van der Waals surface area contributed by atoms with Gasteiger partial charge >= 0.3 is 0 Å². The van der Waals surface area contributed by atoms with E-state index < -0.39 is 5.92 Å². The van der Waals surface area contributed by atoms with Crippen LogP contribution in [0, 0.1) is 0 Å². The number of allylic oxidation sites excluding steroid dienone is 3. The van der Waals surface area contributed by atoms with E-state index in [9.17, 15) is 9.59 Å². The van der Waals surface area contributed by atoms with Gasteiger partial charge in [-0.05, 0) is 42.5 Å². The van der Waals surface area contributed by atoms with E-state index in [1.807, 2.05) is 55.5 Å². The van der Waals surface area contributed by atoms with E-state index in [1.165, 1.54) is 0 Å². The van der Waals surface area contributed by atoms with Gasteiger partial charge < -0.3 is 10.6 Å². The predicted octanol–water partition coefficient (Wildman–Crippen LogP) is 5.08. The third kappa shape index (κ3) is 4.10. The summed E-state index contributed by atoms with van der Waals surface area (Å²) < 4.78 is 0. The Morgan fingerprint density at radius 3 is 2.30 bits per heavy atom. The molecule has 164 valence electrons. The summed E-state index contributed by atoms with van der Waals surface area (Å²) in [5.41, 5.74) is 5.68. The maximum absolute atomic E-state index is 13.6. The van der Waals surface area contributed by atoms with E-state index in [0.717, 1.165) is 28.9 Å². The lowest BCUT2D eigenvalue weighted by Crippen LogP contribution is -2.37. The van der Waals surface area contributed by atoms with E-state index in [4.69, 9.17) is 0 Å². The molecular weight excluding hydrogens is 410 g/mol. The normalized spacial score (nSPS) is 20.2. The number of hydrogen-bond acceptors (Lipinski definition) is 4. The number of nitrogens with zero attached hydrogens (tertiary/aromatic N) is 1. The number of carbonyl (C=O) groups is 2. The second kappa shape index (κ2) is 8.87. The fourth-order valence-corrected chi connectivity index (χ4v) is 4.91. The third-order valence-corrected chi connectivity index (χ3v) is 6.40. The van der Waals surface area contributed by atoms with Gasteiger partial charge in [0, 0.05) is 41.1 Å². The predicted molar refractivity (Wildman–Crippen MR) is 128 cm³/mol. The lowest BCUT2D eigenvalue weighted by molar-refractivity contribution is -0.116. The van der Waals surface area contributed by atoms with E-state index >= 15 is 0 Å². The highest BCUT2D eigenvalue weighted by molar-refractivity contribution is 6.09. The highest BCUT2D eigenvalue weighted by Gasteiger charge is 2.40. The molecule has 2 atom stereocenters. The topological polar surface area (TPSA) is 71.1 Å². The molecule has 1 aliphatic heterocycles. The van der Waals surface area contributed by atoms with Crippen LogP contribution in [0.25, 0.3) is 0 Å². The molecule has 3 aromatic rings. The number of anilines is 1. The van der Waals surface area contributed by atoms with Gasteiger partial charge in [0.2, 0.25) is 0 Å². The fourth-order valence-electron chi connectivity index (χ4n) is 4.91. The number of hydrogen-bond donors (Lipinski definition) is 2. The first kappa shape index (κ1) is 20.9. The second-order valence-corrected chi connectivity index (χ2v) is 8.53. The highest BCUT2D eigenvalue weighted by Crippen LogP contribution is 2.45. The summed E-state index contributed by atoms with van der Waals surface area (Å²) >= 11 is 0. The number of Topliss-reactive ketones (excluding diaryl/α,β-unsaturated/α-hetero) is 1. The number of dihydropyridines is 1. The van der Waals surface area contributed by atoms with Crippen molar-refractivity contribution < 1.29 is 9.59 Å². The zero-order valence-corrected chi connectivity index (χ0v) is 18.4. The summed E-state index contributed by atoms with van der Waals surface area (Å²) in [5.74, 6) is -0.430. The van der Waals surface area contributed by atoms with Crippen molar-refractivity contribution in [1.29, 1.82) is 0 Å². The van der Waals surface area contributed by atoms with E-state index in [2.05, 4.69) is 27.8 Å². The van der Waals surface area contributed by atoms with E-state index in [1.54, 1.807) is 24.5 Å². The van der Waals surface area contributed by atoms with Gasteiger partial charge in [0.1, 0.15) is 0 Å². The van der Waals surface area contributed by atoms with Gasteiger partial charge in [0.25, 0.3) is 5.91 Å². The maximum atomic E-state index is 13.6. The van der Waals surface area contributed by atoms with E-state index in [0.29, 0.717) is 23.3 Å². The van der Waals surface area contributed by atoms with Gasteiger partial charge in [-0.25, -0.2) is 0 Å². The van der Waals surface area contributed by atoms with Crippen molar-refractivity contribution in [2.75, 3.05) is 5.32 Å². The molecule has 2 unspecified atom stereocenters. The molecule has 0 radical (unpaired) electrons. The average Bonchev–Trinajstić information content (AvgIpc) is 2.84. The molecule has 5 heteroatoms. The van der Waals surface area contributed by atoms with Crippen LogP contribution in [0.2, 0.25) is 0 Å². The molecule has 0 spiro atoms. The zero-order valence-electron chi connectivity index (χ0n) is 18.4. The van der Waals surface area contributed by atoms with Crippen LogP contribution in [0.4, 0.5) is 5.69 Å². The Labute approximate surface area is 193 Å². The first-order valence-corrected chi connectivity index (χ1v) is 11.2. The summed E-state index contributed by atoms with van der Waals surface area (Å²) in [6.07, 6.45) is 4.45. The smallest absolute Gasteiger partial charge is 0.254 e. The largest absolute Gasteiger partial charge is 0.362 e. The van der Waals surface area contributed by atoms with Crippen LogP contribution in [-0.4, -0.2) is 16.7 Å². The molecule has 0 saturated heterocycles. The minimum Gasteiger partial charge on any atom is -0.362 e.